The van der Waals surface area contributed by atoms with Gasteiger partial charge in [0.1, 0.15) is 11.3 Å². The van der Waals surface area contributed by atoms with E-state index in [4.69, 9.17) is 4.42 Å². The van der Waals surface area contributed by atoms with Crippen molar-refractivity contribution in [2.75, 3.05) is 0 Å². The van der Waals surface area contributed by atoms with E-state index >= 15 is 0 Å². The highest BCUT2D eigenvalue weighted by molar-refractivity contribution is 5.94. The molecule has 0 saturated heterocycles. The van der Waals surface area contributed by atoms with Gasteiger partial charge in [0, 0.05) is 23.4 Å². The molecule has 118 valence electrons. The molecule has 3 nitrogen and oxygen atoms in total. The smallest absolute Gasteiger partial charge is 0.251 e. The topological polar surface area (TPSA) is 42.2 Å². The van der Waals surface area contributed by atoms with E-state index in [-0.39, 0.29) is 11.6 Å². The molecule has 0 radical (unpaired) electrons. The predicted molar refractivity (Wildman–Crippen MR) is 83.2 cm³/mol. The molecule has 0 spiro atoms. The lowest BCUT2D eigenvalue weighted by molar-refractivity contribution is 0.0939. The number of nitrogens with one attached hydrogen (secondary N) is 1. The number of fused-ring (bicyclic) bond motifs is 1. The minimum Gasteiger partial charge on any atom is -0.461 e. The van der Waals surface area contributed by atoms with Crippen molar-refractivity contribution in [2.24, 2.45) is 0 Å². The molecule has 1 N–H and O–H groups in total. The van der Waals surface area contributed by atoms with E-state index in [1.54, 1.807) is 0 Å². The third kappa shape index (κ3) is 3.39. The van der Waals surface area contributed by atoms with Crippen molar-refractivity contribution in [1.82, 2.24) is 5.32 Å². The monoisotopic (exact) mass is 315 g/mol. The number of carbonyl (C=O) groups is 1. The molecule has 3 aromatic rings. The molecule has 1 atom stereocenters. The van der Waals surface area contributed by atoms with E-state index in [9.17, 15) is 13.6 Å². The highest BCUT2D eigenvalue weighted by atomic mass is 19.2. The van der Waals surface area contributed by atoms with Crippen molar-refractivity contribution in [3.63, 3.8) is 0 Å². The first kappa shape index (κ1) is 15.2. The summed E-state index contributed by atoms with van der Waals surface area (Å²) in [6.45, 7) is 1.82. The second kappa shape index (κ2) is 6.20. The lowest BCUT2D eigenvalue weighted by Crippen LogP contribution is -2.34. The van der Waals surface area contributed by atoms with Crippen LogP contribution in [0, 0.1) is 11.6 Å². The molecule has 23 heavy (non-hydrogen) atoms. The van der Waals surface area contributed by atoms with Crippen molar-refractivity contribution >= 4 is 16.9 Å². The average molecular weight is 315 g/mol. The molecule has 3 rings (SSSR count). The van der Waals surface area contributed by atoms with Gasteiger partial charge < -0.3 is 9.73 Å². The molecule has 0 saturated carbocycles. The molecule has 0 aliphatic heterocycles. The summed E-state index contributed by atoms with van der Waals surface area (Å²) in [6.07, 6.45) is 0.504. The van der Waals surface area contributed by atoms with E-state index in [0.717, 1.165) is 28.9 Å². The Morgan fingerprint density at radius 1 is 1.13 bits per heavy atom. The van der Waals surface area contributed by atoms with Gasteiger partial charge in [-0.25, -0.2) is 8.78 Å². The minimum atomic E-state index is -1.04. The highest BCUT2D eigenvalue weighted by Crippen LogP contribution is 2.20. The Labute approximate surface area is 131 Å². The lowest BCUT2D eigenvalue weighted by Gasteiger charge is -2.12. The fraction of sp³-hybridized carbons (Fsp3) is 0.167. The maximum atomic E-state index is 13.2. The third-order valence-electron chi connectivity index (χ3n) is 3.54. The van der Waals surface area contributed by atoms with E-state index < -0.39 is 17.5 Å². The highest BCUT2D eigenvalue weighted by Gasteiger charge is 2.14. The Morgan fingerprint density at radius 2 is 1.91 bits per heavy atom. The Kier molecular flexibility index (Phi) is 4.10. The molecule has 0 aliphatic carbocycles. The third-order valence-corrected chi connectivity index (χ3v) is 3.54. The van der Waals surface area contributed by atoms with Crippen molar-refractivity contribution < 1.29 is 18.0 Å². The van der Waals surface area contributed by atoms with Crippen LogP contribution in [-0.4, -0.2) is 11.9 Å². The Morgan fingerprint density at radius 3 is 2.65 bits per heavy atom. The minimum absolute atomic E-state index is 0.0837. The van der Waals surface area contributed by atoms with Gasteiger partial charge in [-0.2, -0.15) is 0 Å². The van der Waals surface area contributed by atoms with Gasteiger partial charge in [-0.3, -0.25) is 4.79 Å². The first-order valence-corrected chi connectivity index (χ1v) is 7.26. The van der Waals surface area contributed by atoms with Crippen LogP contribution in [0.4, 0.5) is 8.78 Å². The summed E-state index contributed by atoms with van der Waals surface area (Å²) in [5.41, 5.74) is 0.877. The summed E-state index contributed by atoms with van der Waals surface area (Å²) in [4.78, 5) is 12.1. The predicted octanol–water partition coefficient (Wildman–Crippen LogP) is 4.07. The summed E-state index contributed by atoms with van der Waals surface area (Å²) in [5, 5.41) is 3.75. The van der Waals surface area contributed by atoms with Gasteiger partial charge in [-0.05, 0) is 37.3 Å². The summed E-state index contributed by atoms with van der Waals surface area (Å²) >= 11 is 0. The van der Waals surface area contributed by atoms with Gasteiger partial charge in [0.2, 0.25) is 0 Å². The SMILES string of the molecule is CC(Cc1cc2ccccc2o1)NC(=O)c1ccc(F)c(F)c1. The average Bonchev–Trinajstić information content (AvgIpc) is 2.91. The number of rotatable bonds is 4. The van der Waals surface area contributed by atoms with Crippen LogP contribution in [0.2, 0.25) is 0 Å². The van der Waals surface area contributed by atoms with Crippen LogP contribution >= 0.6 is 0 Å². The van der Waals surface area contributed by atoms with Crippen LogP contribution in [0.3, 0.4) is 0 Å². The van der Waals surface area contributed by atoms with E-state index in [0.29, 0.717) is 6.42 Å². The lowest BCUT2D eigenvalue weighted by atomic mass is 10.1. The zero-order valence-electron chi connectivity index (χ0n) is 12.5. The second-order valence-electron chi connectivity index (χ2n) is 5.46. The van der Waals surface area contributed by atoms with Crippen LogP contribution < -0.4 is 5.32 Å². The summed E-state index contributed by atoms with van der Waals surface area (Å²) in [5.74, 6) is -1.71. The van der Waals surface area contributed by atoms with Gasteiger partial charge in [0.15, 0.2) is 11.6 Å². The van der Waals surface area contributed by atoms with E-state index in [1.807, 2.05) is 37.3 Å². The number of para-hydroxylation sites is 1. The fourth-order valence-electron chi connectivity index (χ4n) is 2.43. The van der Waals surface area contributed by atoms with Gasteiger partial charge in [-0.1, -0.05) is 18.2 Å². The Balaban J connectivity index is 1.67. The summed E-state index contributed by atoms with van der Waals surface area (Å²) in [7, 11) is 0. The van der Waals surface area contributed by atoms with Gasteiger partial charge in [0.05, 0.1) is 0 Å². The standard InChI is InChI=1S/C18H15F2NO2/c1-11(8-14-9-12-4-2-3-5-17(12)23-14)21-18(22)13-6-7-15(19)16(20)10-13/h2-7,9-11H,8H2,1H3,(H,21,22). The summed E-state index contributed by atoms with van der Waals surface area (Å²) in [6, 6.07) is 12.4. The molecule has 1 amide bonds. The molecule has 0 bridgehead atoms. The molecule has 0 fully saturated rings. The van der Waals surface area contributed by atoms with Crippen LogP contribution in [0.15, 0.2) is 52.9 Å². The quantitative estimate of drug-likeness (QED) is 0.788. The number of halogens is 2. The van der Waals surface area contributed by atoms with Crippen molar-refractivity contribution in [2.45, 2.75) is 19.4 Å². The molecule has 1 aromatic heterocycles. The Hall–Kier alpha value is -2.69. The maximum Gasteiger partial charge on any atom is 0.251 e. The van der Waals surface area contributed by atoms with Crippen molar-refractivity contribution in [3.05, 3.63) is 71.5 Å². The van der Waals surface area contributed by atoms with Crippen LogP contribution in [0.25, 0.3) is 11.0 Å². The zero-order valence-corrected chi connectivity index (χ0v) is 12.5. The number of hydrogen-bond donors (Lipinski definition) is 1. The van der Waals surface area contributed by atoms with E-state index in [1.165, 1.54) is 6.07 Å². The zero-order chi connectivity index (χ0) is 16.4. The number of hydrogen-bond acceptors (Lipinski definition) is 2. The van der Waals surface area contributed by atoms with Gasteiger partial charge in [-0.15, -0.1) is 0 Å². The number of carbonyl (C=O) groups excluding carboxylic acids is 1. The first-order chi connectivity index (χ1) is 11.0. The van der Waals surface area contributed by atoms with Gasteiger partial charge >= 0.3 is 0 Å². The van der Waals surface area contributed by atoms with Crippen molar-refractivity contribution in [3.8, 4) is 0 Å². The van der Waals surface area contributed by atoms with Crippen LogP contribution in [0.1, 0.15) is 23.0 Å². The number of furan rings is 1. The second-order valence-corrected chi connectivity index (χ2v) is 5.46. The molecule has 2 aromatic carbocycles. The number of benzene rings is 2. The first-order valence-electron chi connectivity index (χ1n) is 7.26. The molecule has 0 aliphatic rings. The van der Waals surface area contributed by atoms with Crippen molar-refractivity contribution in [1.29, 1.82) is 0 Å². The van der Waals surface area contributed by atoms with Crippen LogP contribution in [0.5, 0.6) is 0 Å². The number of amides is 1. The summed E-state index contributed by atoms with van der Waals surface area (Å²) < 4.78 is 31.8. The Bertz CT molecular complexity index is 824. The largest absolute Gasteiger partial charge is 0.461 e. The molecular formula is C18H15F2NO2. The molecular weight excluding hydrogens is 300 g/mol. The van der Waals surface area contributed by atoms with Gasteiger partial charge in [0.25, 0.3) is 5.91 Å². The van der Waals surface area contributed by atoms with Crippen LogP contribution in [-0.2, 0) is 6.42 Å². The maximum absolute atomic E-state index is 13.2. The van der Waals surface area contributed by atoms with E-state index in [2.05, 4.69) is 5.32 Å². The molecule has 1 unspecified atom stereocenters. The molecule has 5 heteroatoms. The molecule has 1 heterocycles. The fourth-order valence-corrected chi connectivity index (χ4v) is 2.43. The normalized spacial score (nSPS) is 12.3.